The Kier molecular flexibility index (Phi) is 21.9. The Morgan fingerprint density at radius 3 is 1.44 bits per heavy atom. The second kappa shape index (κ2) is 25.9. The number of nitrogens with two attached hydrogens (primary N) is 3. The molecule has 0 aliphatic carbocycles. The molecule has 0 unspecified atom stereocenters. The van der Waals surface area contributed by atoms with Gasteiger partial charge in [0.15, 0.2) is 0 Å². The highest BCUT2D eigenvalue weighted by atomic mass is 32.2. The first-order valence-corrected chi connectivity index (χ1v) is 21.9. The molecule has 14 N–H and O–H groups in total. The number of nitrogens with one attached hydrogen (secondary N) is 7. The van der Waals surface area contributed by atoms with Crippen LogP contribution >= 0.6 is 11.8 Å². The fourth-order valence-electron chi connectivity index (χ4n) is 6.41. The van der Waals surface area contributed by atoms with Crippen molar-refractivity contribution in [1.29, 1.82) is 0 Å². The Hall–Kier alpha value is -5.70. The third kappa shape index (κ3) is 18.1. The molecule has 0 fully saturated rings. The molecule has 1 aromatic carbocycles. The molecule has 344 valence electrons. The second-order valence-electron chi connectivity index (χ2n) is 16.1. The summed E-state index contributed by atoms with van der Waals surface area (Å²) in [5, 5.41) is 26.4. The van der Waals surface area contributed by atoms with Gasteiger partial charge in [-0.3, -0.25) is 38.4 Å². The molecule has 2 aromatic rings. The van der Waals surface area contributed by atoms with Gasteiger partial charge in [0.2, 0.25) is 47.3 Å². The lowest BCUT2D eigenvalue weighted by molar-refractivity contribution is -0.142. The maximum atomic E-state index is 14.0. The van der Waals surface area contributed by atoms with E-state index in [0.717, 1.165) is 10.9 Å². The number of carbonyl (C=O) groups excluding carboxylic acids is 8. The van der Waals surface area contributed by atoms with Crippen LogP contribution in [-0.2, 0) is 49.6 Å². The molecule has 0 radical (unpaired) electrons. The summed E-state index contributed by atoms with van der Waals surface area (Å²) in [6.45, 7) is 8.60. The van der Waals surface area contributed by atoms with E-state index in [1.165, 1.54) is 18.7 Å². The first-order valence-electron chi connectivity index (χ1n) is 20.5. The quantitative estimate of drug-likeness (QED) is 0.0512. The average molecular weight is 889 g/mol. The molecule has 62 heavy (non-hydrogen) atoms. The number of H-pyrrole nitrogens is 1. The second-order valence-corrected chi connectivity index (χ2v) is 17.1. The van der Waals surface area contributed by atoms with E-state index in [0.29, 0.717) is 11.3 Å². The van der Waals surface area contributed by atoms with Crippen molar-refractivity contribution in [2.45, 2.75) is 128 Å². The SMILES string of the molecule is CSCC[C@H](NC(=O)[C@H](CC(C)C)NC(=O)[C@H](CC(C)C)NC(=O)[C@H](CCC(N)=O)NC(=O)[C@H](CCC(N)=O)NC(=O)[C@H](C)N)C(=O)N[C@@H](Cc1c[nH]c2ccccc12)C(=O)O. The molecule has 0 bridgehead atoms. The van der Waals surface area contributed by atoms with Crippen molar-refractivity contribution in [3.05, 3.63) is 36.0 Å². The zero-order chi connectivity index (χ0) is 46.7. The molecule has 0 saturated carbocycles. The maximum Gasteiger partial charge on any atom is 0.326 e. The van der Waals surface area contributed by atoms with Crippen molar-refractivity contribution in [3.63, 3.8) is 0 Å². The van der Waals surface area contributed by atoms with E-state index >= 15 is 0 Å². The molecule has 0 spiro atoms. The first-order chi connectivity index (χ1) is 29.1. The Labute approximate surface area is 365 Å². The standard InChI is InChI=1S/C41H64N10O10S/c1-21(2)17-30(39(58)48-29(15-16-62-6)38(57)51-32(41(60)61)19-24-20-45-26-10-8-7-9-25(24)26)50-40(59)31(18-22(3)4)49-37(56)28(12-14-34(44)53)47-36(55)27(11-13-33(43)52)46-35(54)23(5)42/h7-10,20-23,27-32,45H,11-19,42H2,1-6H3,(H2,43,52)(H2,44,53)(H,46,54)(H,47,55)(H,48,58)(H,49,56)(H,50,59)(H,51,57)(H,60,61)/t23-,27-,28-,29-,30-,31-,32-/m0/s1. The summed E-state index contributed by atoms with van der Waals surface area (Å²) < 4.78 is 0. The average Bonchev–Trinajstić information content (AvgIpc) is 3.60. The van der Waals surface area contributed by atoms with Crippen molar-refractivity contribution < 1.29 is 48.3 Å². The predicted molar refractivity (Wildman–Crippen MR) is 234 cm³/mol. The Balaban J connectivity index is 2.33. The summed E-state index contributed by atoms with van der Waals surface area (Å²) in [5.41, 5.74) is 17.7. The molecular formula is C41H64N10O10S. The van der Waals surface area contributed by atoms with Crippen LogP contribution in [0.5, 0.6) is 0 Å². The van der Waals surface area contributed by atoms with Crippen LogP contribution in [0.4, 0.5) is 0 Å². The minimum absolute atomic E-state index is 0.0314. The number of para-hydroxylation sites is 1. The highest BCUT2D eigenvalue weighted by molar-refractivity contribution is 7.98. The van der Waals surface area contributed by atoms with E-state index in [1.54, 1.807) is 20.0 Å². The van der Waals surface area contributed by atoms with Gasteiger partial charge in [0.05, 0.1) is 6.04 Å². The van der Waals surface area contributed by atoms with Gasteiger partial charge in [-0.2, -0.15) is 11.8 Å². The number of rotatable bonds is 28. The van der Waals surface area contributed by atoms with Gasteiger partial charge in [-0.25, -0.2) is 4.79 Å². The van der Waals surface area contributed by atoms with Crippen molar-refractivity contribution >= 4 is 75.9 Å². The summed E-state index contributed by atoms with van der Waals surface area (Å²) in [7, 11) is 0. The number of aromatic nitrogens is 1. The number of fused-ring (bicyclic) bond motifs is 1. The highest BCUT2D eigenvalue weighted by Gasteiger charge is 2.34. The third-order valence-electron chi connectivity index (χ3n) is 9.68. The number of benzene rings is 1. The molecule has 7 atom stereocenters. The molecule has 2 rings (SSSR count). The minimum Gasteiger partial charge on any atom is -0.480 e. The summed E-state index contributed by atoms with van der Waals surface area (Å²) in [5.74, 6) is -7.40. The molecule has 21 heteroatoms. The number of carboxylic acids is 1. The zero-order valence-electron chi connectivity index (χ0n) is 36.2. The summed E-state index contributed by atoms with van der Waals surface area (Å²) in [6, 6.07) is -1.44. The van der Waals surface area contributed by atoms with Gasteiger partial charge in [0, 0.05) is 36.4 Å². The summed E-state index contributed by atoms with van der Waals surface area (Å²) in [4.78, 5) is 120. The minimum atomic E-state index is -1.45. The van der Waals surface area contributed by atoms with Crippen molar-refractivity contribution in [2.24, 2.45) is 29.0 Å². The molecule has 1 heterocycles. The fraction of sp³-hybridized carbons (Fsp3) is 0.585. The molecule has 0 aliphatic heterocycles. The van der Waals surface area contributed by atoms with Gasteiger partial charge in [-0.05, 0) is 74.5 Å². The predicted octanol–water partition coefficient (Wildman–Crippen LogP) is -0.573. The van der Waals surface area contributed by atoms with Crippen LogP contribution in [0.25, 0.3) is 10.9 Å². The van der Waals surface area contributed by atoms with E-state index in [2.05, 4.69) is 36.9 Å². The van der Waals surface area contributed by atoms with Gasteiger partial charge in [-0.15, -0.1) is 0 Å². The summed E-state index contributed by atoms with van der Waals surface area (Å²) in [6.07, 6.45) is 2.62. The van der Waals surface area contributed by atoms with Crippen LogP contribution in [0, 0.1) is 11.8 Å². The van der Waals surface area contributed by atoms with Crippen LogP contribution < -0.4 is 49.1 Å². The Morgan fingerprint density at radius 2 is 1.02 bits per heavy atom. The van der Waals surface area contributed by atoms with E-state index < -0.39 is 95.5 Å². The van der Waals surface area contributed by atoms with Crippen LogP contribution in [0.2, 0.25) is 0 Å². The Bertz CT molecular complexity index is 1890. The lowest BCUT2D eigenvalue weighted by Gasteiger charge is -2.28. The van der Waals surface area contributed by atoms with Gasteiger partial charge in [-0.1, -0.05) is 45.9 Å². The Morgan fingerprint density at radius 1 is 0.613 bits per heavy atom. The lowest BCUT2D eigenvalue weighted by Crippen LogP contribution is -2.60. The van der Waals surface area contributed by atoms with Crippen LogP contribution in [-0.4, -0.2) is 118 Å². The molecule has 8 amide bonds. The van der Waals surface area contributed by atoms with Gasteiger partial charge >= 0.3 is 5.97 Å². The van der Waals surface area contributed by atoms with E-state index in [4.69, 9.17) is 17.2 Å². The number of aliphatic carboxylic acids is 1. The van der Waals surface area contributed by atoms with E-state index in [-0.39, 0.29) is 63.2 Å². The molecular weight excluding hydrogens is 825 g/mol. The molecule has 0 aliphatic rings. The number of thioether (sulfide) groups is 1. The van der Waals surface area contributed by atoms with Gasteiger partial charge < -0.3 is 59.2 Å². The number of aromatic amines is 1. The monoisotopic (exact) mass is 888 g/mol. The number of hydrogen-bond donors (Lipinski definition) is 11. The molecule has 0 saturated heterocycles. The van der Waals surface area contributed by atoms with Crippen LogP contribution in [0.1, 0.15) is 85.1 Å². The van der Waals surface area contributed by atoms with Gasteiger partial charge in [0.25, 0.3) is 0 Å². The van der Waals surface area contributed by atoms with Crippen molar-refractivity contribution in [2.75, 3.05) is 12.0 Å². The smallest absolute Gasteiger partial charge is 0.326 e. The number of carboxylic acid groups (broad SMARTS) is 1. The fourth-order valence-corrected chi connectivity index (χ4v) is 6.88. The molecule has 1 aromatic heterocycles. The maximum absolute atomic E-state index is 14.0. The largest absolute Gasteiger partial charge is 0.480 e. The third-order valence-corrected chi connectivity index (χ3v) is 10.3. The van der Waals surface area contributed by atoms with Gasteiger partial charge in [0.1, 0.15) is 36.3 Å². The highest BCUT2D eigenvalue weighted by Crippen LogP contribution is 2.20. The first kappa shape index (κ1) is 52.4. The van der Waals surface area contributed by atoms with E-state index in [1.807, 2.05) is 44.4 Å². The number of hydrogen-bond acceptors (Lipinski definition) is 11. The topological polar surface area (TPSA) is 340 Å². The van der Waals surface area contributed by atoms with Crippen LogP contribution in [0.15, 0.2) is 30.5 Å². The van der Waals surface area contributed by atoms with Crippen molar-refractivity contribution in [1.82, 2.24) is 36.9 Å². The van der Waals surface area contributed by atoms with E-state index in [9.17, 15) is 48.3 Å². The number of amides is 8. The summed E-state index contributed by atoms with van der Waals surface area (Å²) >= 11 is 1.41. The van der Waals surface area contributed by atoms with Crippen molar-refractivity contribution in [3.8, 4) is 0 Å². The van der Waals surface area contributed by atoms with Crippen LogP contribution in [0.3, 0.4) is 0 Å². The normalized spacial score (nSPS) is 14.7. The number of carbonyl (C=O) groups is 9. The lowest BCUT2D eigenvalue weighted by atomic mass is 9.99. The number of primary amides is 2. The molecule has 20 nitrogen and oxygen atoms in total. The zero-order valence-corrected chi connectivity index (χ0v) is 37.0.